The van der Waals surface area contributed by atoms with Crippen LogP contribution in [0, 0.1) is 0 Å². The van der Waals surface area contributed by atoms with Crippen molar-refractivity contribution < 1.29 is 8.42 Å². The van der Waals surface area contributed by atoms with Gasteiger partial charge in [0.1, 0.15) is 0 Å². The Labute approximate surface area is 128 Å². The van der Waals surface area contributed by atoms with Gasteiger partial charge in [-0.3, -0.25) is 4.90 Å². The van der Waals surface area contributed by atoms with E-state index in [2.05, 4.69) is 22.3 Å². The Hall–Kier alpha value is -0.910. The zero-order valence-electron chi connectivity index (χ0n) is 13.2. The minimum absolute atomic E-state index is 0.222. The number of nitrogens with one attached hydrogen (secondary N) is 1. The van der Waals surface area contributed by atoms with Gasteiger partial charge in [-0.1, -0.05) is 30.3 Å². The lowest BCUT2D eigenvalue weighted by Crippen LogP contribution is -2.48. The van der Waals surface area contributed by atoms with Gasteiger partial charge in [-0.2, -0.15) is 0 Å². The molecule has 1 fully saturated rings. The van der Waals surface area contributed by atoms with Crippen molar-refractivity contribution in [2.45, 2.75) is 31.6 Å². The van der Waals surface area contributed by atoms with Crippen molar-refractivity contribution in [3.8, 4) is 0 Å². The van der Waals surface area contributed by atoms with Crippen LogP contribution in [-0.2, 0) is 9.84 Å². The van der Waals surface area contributed by atoms with E-state index in [-0.39, 0.29) is 11.8 Å². The van der Waals surface area contributed by atoms with Crippen molar-refractivity contribution >= 4 is 9.84 Å². The molecule has 0 bridgehead atoms. The minimum atomic E-state index is -3.06. The highest BCUT2D eigenvalue weighted by Crippen LogP contribution is 2.23. The van der Waals surface area contributed by atoms with Crippen molar-refractivity contribution in [2.24, 2.45) is 0 Å². The monoisotopic (exact) mass is 310 g/mol. The average molecular weight is 310 g/mol. The highest BCUT2D eigenvalue weighted by molar-refractivity contribution is 7.92. The van der Waals surface area contributed by atoms with Gasteiger partial charge in [0.15, 0.2) is 9.84 Å². The topological polar surface area (TPSA) is 49.4 Å². The summed E-state index contributed by atoms with van der Waals surface area (Å²) in [5, 5.41) is 3.40. The molecule has 2 rings (SSSR count). The van der Waals surface area contributed by atoms with E-state index in [0.29, 0.717) is 6.54 Å². The van der Waals surface area contributed by atoms with Gasteiger partial charge in [-0.05, 0) is 26.3 Å². The fourth-order valence-corrected chi connectivity index (χ4v) is 3.65. The van der Waals surface area contributed by atoms with Gasteiger partial charge in [-0.15, -0.1) is 0 Å². The van der Waals surface area contributed by atoms with Crippen LogP contribution < -0.4 is 5.32 Å². The fourth-order valence-electron chi connectivity index (χ4n) is 2.56. The highest BCUT2D eigenvalue weighted by atomic mass is 32.2. The molecular formula is C16H26N2O2S. The summed E-state index contributed by atoms with van der Waals surface area (Å²) >= 11 is 0. The summed E-state index contributed by atoms with van der Waals surface area (Å²) in [6.07, 6.45) is 0. The summed E-state index contributed by atoms with van der Waals surface area (Å²) in [5.41, 5.74) is 1.25. The molecule has 5 heteroatoms. The fraction of sp³-hybridized carbons (Fsp3) is 0.625. The van der Waals surface area contributed by atoms with Gasteiger partial charge in [0, 0.05) is 32.2 Å². The lowest BCUT2D eigenvalue weighted by Gasteiger charge is -2.37. The third kappa shape index (κ3) is 4.05. The molecule has 1 saturated heterocycles. The summed E-state index contributed by atoms with van der Waals surface area (Å²) in [4.78, 5) is 2.29. The maximum absolute atomic E-state index is 12.3. The van der Waals surface area contributed by atoms with Crippen molar-refractivity contribution in [2.75, 3.05) is 31.9 Å². The molecule has 1 aliphatic heterocycles. The highest BCUT2D eigenvalue weighted by Gasteiger charge is 2.31. The standard InChI is InChI=1S/C16H26N2O2S/c1-16(2,3)21(19,20)12-11-18-10-9-17-13-15(18)14-7-5-4-6-8-14/h4-8,15,17H,9-13H2,1-3H3. The van der Waals surface area contributed by atoms with Gasteiger partial charge in [-0.25, -0.2) is 8.42 Å². The molecule has 1 aromatic rings. The third-order valence-electron chi connectivity index (χ3n) is 4.12. The summed E-state index contributed by atoms with van der Waals surface area (Å²) in [6, 6.07) is 10.6. The van der Waals surface area contributed by atoms with E-state index in [4.69, 9.17) is 0 Å². The molecule has 1 heterocycles. The van der Waals surface area contributed by atoms with E-state index in [1.807, 2.05) is 18.2 Å². The zero-order chi connectivity index (χ0) is 15.5. The first kappa shape index (κ1) is 16.5. The summed E-state index contributed by atoms with van der Waals surface area (Å²) < 4.78 is 23.9. The molecule has 0 aliphatic carbocycles. The molecule has 1 aliphatic rings. The van der Waals surface area contributed by atoms with Crippen LogP contribution in [0.25, 0.3) is 0 Å². The van der Waals surface area contributed by atoms with Crippen LogP contribution in [-0.4, -0.2) is 50.0 Å². The smallest absolute Gasteiger partial charge is 0.156 e. The van der Waals surface area contributed by atoms with E-state index in [9.17, 15) is 8.42 Å². The summed E-state index contributed by atoms with van der Waals surface area (Å²) in [7, 11) is -3.06. The Kier molecular flexibility index (Phi) is 5.07. The number of benzene rings is 1. The van der Waals surface area contributed by atoms with Crippen LogP contribution in [0.5, 0.6) is 0 Å². The van der Waals surface area contributed by atoms with Crippen LogP contribution in [0.4, 0.5) is 0 Å². The lowest BCUT2D eigenvalue weighted by molar-refractivity contribution is 0.171. The molecule has 1 unspecified atom stereocenters. The Balaban J connectivity index is 2.07. The summed E-state index contributed by atoms with van der Waals surface area (Å²) in [6.45, 7) is 8.59. The predicted molar refractivity (Wildman–Crippen MR) is 87.2 cm³/mol. The quantitative estimate of drug-likeness (QED) is 0.922. The number of sulfone groups is 1. The van der Waals surface area contributed by atoms with Gasteiger partial charge >= 0.3 is 0 Å². The van der Waals surface area contributed by atoms with E-state index in [1.165, 1.54) is 5.56 Å². The van der Waals surface area contributed by atoms with Gasteiger partial charge in [0.2, 0.25) is 0 Å². The average Bonchev–Trinajstić information content (AvgIpc) is 2.45. The molecule has 1 aromatic carbocycles. The normalized spacial score (nSPS) is 21.4. The lowest BCUT2D eigenvalue weighted by atomic mass is 10.0. The van der Waals surface area contributed by atoms with Crippen molar-refractivity contribution in [3.63, 3.8) is 0 Å². The first-order valence-corrected chi connectivity index (χ1v) is 9.18. The number of hydrogen-bond donors (Lipinski definition) is 1. The summed E-state index contributed by atoms with van der Waals surface area (Å²) in [5.74, 6) is 0.222. The number of nitrogens with zero attached hydrogens (tertiary/aromatic N) is 1. The van der Waals surface area contributed by atoms with E-state index in [0.717, 1.165) is 19.6 Å². The molecule has 118 valence electrons. The van der Waals surface area contributed by atoms with Crippen molar-refractivity contribution in [3.05, 3.63) is 35.9 Å². The molecule has 4 nitrogen and oxygen atoms in total. The van der Waals surface area contributed by atoms with Crippen LogP contribution >= 0.6 is 0 Å². The van der Waals surface area contributed by atoms with Crippen LogP contribution in [0.1, 0.15) is 32.4 Å². The second kappa shape index (κ2) is 6.46. The number of hydrogen-bond acceptors (Lipinski definition) is 4. The number of rotatable bonds is 4. The Morgan fingerprint density at radius 1 is 1.24 bits per heavy atom. The molecule has 1 atom stereocenters. The Morgan fingerprint density at radius 3 is 2.52 bits per heavy atom. The molecule has 0 saturated carbocycles. The van der Waals surface area contributed by atoms with Gasteiger partial charge in [0.05, 0.1) is 10.5 Å². The Morgan fingerprint density at radius 2 is 1.90 bits per heavy atom. The van der Waals surface area contributed by atoms with E-state index < -0.39 is 14.6 Å². The van der Waals surface area contributed by atoms with Crippen LogP contribution in [0.15, 0.2) is 30.3 Å². The maximum atomic E-state index is 12.3. The molecule has 0 radical (unpaired) electrons. The second-order valence-corrected chi connectivity index (χ2v) is 9.46. The SMILES string of the molecule is CC(C)(C)S(=O)(=O)CCN1CCNCC1c1ccccc1. The second-order valence-electron chi connectivity index (χ2n) is 6.60. The molecule has 0 amide bonds. The predicted octanol–water partition coefficient (Wildman–Crippen LogP) is 1.85. The van der Waals surface area contributed by atoms with E-state index >= 15 is 0 Å². The molecular weight excluding hydrogens is 284 g/mol. The van der Waals surface area contributed by atoms with Crippen LogP contribution in [0.2, 0.25) is 0 Å². The van der Waals surface area contributed by atoms with Crippen molar-refractivity contribution in [1.29, 1.82) is 0 Å². The molecule has 1 N–H and O–H groups in total. The van der Waals surface area contributed by atoms with Gasteiger partial charge in [0.25, 0.3) is 0 Å². The van der Waals surface area contributed by atoms with Gasteiger partial charge < -0.3 is 5.32 Å². The first-order valence-electron chi connectivity index (χ1n) is 7.53. The molecule has 0 spiro atoms. The minimum Gasteiger partial charge on any atom is -0.314 e. The zero-order valence-corrected chi connectivity index (χ0v) is 14.0. The first-order chi connectivity index (χ1) is 9.81. The largest absolute Gasteiger partial charge is 0.314 e. The maximum Gasteiger partial charge on any atom is 0.156 e. The van der Waals surface area contributed by atoms with Crippen molar-refractivity contribution in [1.82, 2.24) is 10.2 Å². The van der Waals surface area contributed by atoms with E-state index in [1.54, 1.807) is 20.8 Å². The Bertz CT molecular complexity index is 549. The molecule has 21 heavy (non-hydrogen) atoms. The third-order valence-corrected chi connectivity index (χ3v) is 6.70. The number of piperazine rings is 1. The molecule has 0 aromatic heterocycles. The van der Waals surface area contributed by atoms with Crippen LogP contribution in [0.3, 0.4) is 0 Å².